The van der Waals surface area contributed by atoms with Crippen molar-refractivity contribution in [3.63, 3.8) is 0 Å². The van der Waals surface area contributed by atoms with Gasteiger partial charge in [-0.25, -0.2) is 0 Å². The fourth-order valence-corrected chi connectivity index (χ4v) is 0.958. The molecule has 1 rings (SSSR count). The fourth-order valence-electron chi connectivity index (χ4n) is 0.657. The molecule has 2 N–H and O–H groups in total. The van der Waals surface area contributed by atoms with Gasteiger partial charge in [0.05, 0.1) is 10.7 Å². The monoisotopic (exact) mass is 217 g/mol. The van der Waals surface area contributed by atoms with E-state index in [4.69, 9.17) is 5.73 Å². The summed E-state index contributed by atoms with van der Waals surface area (Å²) < 4.78 is 2.34. The summed E-state index contributed by atoms with van der Waals surface area (Å²) in [5.74, 6) is -0.388. The number of carbonyl (C=O) groups is 1. The molecule has 4 nitrogen and oxygen atoms in total. The van der Waals surface area contributed by atoms with Crippen LogP contribution in [0.15, 0.2) is 16.9 Å². The molecule has 60 valence electrons. The minimum atomic E-state index is -0.388. The third kappa shape index (κ3) is 1.80. The molecule has 1 heterocycles. The Hall–Kier alpha value is -0.840. The summed E-state index contributed by atoms with van der Waals surface area (Å²) in [5.41, 5.74) is 5.06. The minimum Gasteiger partial charge on any atom is -0.368 e. The molecule has 1 amide bonds. The van der Waals surface area contributed by atoms with E-state index in [1.165, 1.54) is 4.68 Å². The van der Waals surface area contributed by atoms with Crippen LogP contribution in [0.3, 0.4) is 0 Å². The highest BCUT2D eigenvalue weighted by atomic mass is 79.9. The summed E-state index contributed by atoms with van der Waals surface area (Å²) in [6, 6.07) is -0.388. The highest BCUT2D eigenvalue weighted by molar-refractivity contribution is 9.10. The molecular weight excluding hydrogens is 210 g/mol. The lowest BCUT2D eigenvalue weighted by Gasteiger charge is -2.05. The van der Waals surface area contributed by atoms with Gasteiger partial charge < -0.3 is 5.73 Å². The third-order valence-electron chi connectivity index (χ3n) is 1.38. The Kier molecular flexibility index (Phi) is 2.28. The molecule has 1 aromatic heterocycles. The van der Waals surface area contributed by atoms with Gasteiger partial charge in [0.2, 0.25) is 5.91 Å². The first kappa shape index (κ1) is 8.26. The molecule has 5 heteroatoms. The van der Waals surface area contributed by atoms with Gasteiger partial charge in [0.15, 0.2) is 0 Å². The highest BCUT2D eigenvalue weighted by Crippen LogP contribution is 2.10. The van der Waals surface area contributed by atoms with Gasteiger partial charge in [0.25, 0.3) is 0 Å². The Morgan fingerprint density at radius 1 is 1.91 bits per heavy atom. The van der Waals surface area contributed by atoms with E-state index < -0.39 is 0 Å². The molecule has 11 heavy (non-hydrogen) atoms. The predicted molar refractivity (Wildman–Crippen MR) is 43.8 cm³/mol. The van der Waals surface area contributed by atoms with E-state index in [0.29, 0.717) is 0 Å². The molecule has 0 saturated heterocycles. The molecule has 0 aromatic carbocycles. The molecule has 0 unspecified atom stereocenters. The Balaban J connectivity index is 2.84. The quantitative estimate of drug-likeness (QED) is 0.793. The van der Waals surface area contributed by atoms with Gasteiger partial charge in [-0.3, -0.25) is 9.48 Å². The van der Waals surface area contributed by atoms with Gasteiger partial charge in [-0.2, -0.15) is 5.10 Å². The van der Waals surface area contributed by atoms with Crippen LogP contribution in [0.1, 0.15) is 13.0 Å². The maximum Gasteiger partial charge on any atom is 0.241 e. The van der Waals surface area contributed by atoms with Crippen molar-refractivity contribution in [1.29, 1.82) is 0 Å². The Labute approximate surface area is 72.5 Å². The molecule has 0 fully saturated rings. The number of nitrogens with two attached hydrogens (primary N) is 1. The summed E-state index contributed by atoms with van der Waals surface area (Å²) in [6.45, 7) is 1.70. The summed E-state index contributed by atoms with van der Waals surface area (Å²) in [4.78, 5) is 10.7. The van der Waals surface area contributed by atoms with Crippen LogP contribution in [0, 0.1) is 0 Å². The van der Waals surface area contributed by atoms with Crippen molar-refractivity contribution < 1.29 is 4.79 Å². The first-order valence-corrected chi connectivity index (χ1v) is 3.89. The maximum atomic E-state index is 10.7. The minimum absolute atomic E-state index is 0.388. The summed E-state index contributed by atoms with van der Waals surface area (Å²) in [6.07, 6.45) is 3.31. The van der Waals surface area contributed by atoms with Crippen molar-refractivity contribution in [3.8, 4) is 0 Å². The normalized spacial score (nSPS) is 12.9. The number of primary amides is 1. The lowest BCUT2D eigenvalue weighted by Crippen LogP contribution is -2.24. The standard InChI is InChI=1S/C6H8BrN3O/c1-4(6(8)11)10-3-5(7)2-9-10/h2-4H,1H3,(H2,8,11)/t4-/m1/s1. The maximum absolute atomic E-state index is 10.7. The Morgan fingerprint density at radius 2 is 2.55 bits per heavy atom. The van der Waals surface area contributed by atoms with Crippen LogP contribution in [0.2, 0.25) is 0 Å². The van der Waals surface area contributed by atoms with Crippen molar-refractivity contribution in [2.75, 3.05) is 0 Å². The van der Waals surface area contributed by atoms with E-state index in [-0.39, 0.29) is 11.9 Å². The fraction of sp³-hybridized carbons (Fsp3) is 0.333. The van der Waals surface area contributed by atoms with Gasteiger partial charge in [-0.05, 0) is 22.9 Å². The second-order valence-electron chi connectivity index (χ2n) is 2.22. The second kappa shape index (κ2) is 3.04. The average Bonchev–Trinajstić information content (AvgIpc) is 2.34. The first-order valence-electron chi connectivity index (χ1n) is 3.10. The van der Waals surface area contributed by atoms with Crippen molar-refractivity contribution in [1.82, 2.24) is 9.78 Å². The van der Waals surface area contributed by atoms with Gasteiger partial charge in [-0.1, -0.05) is 0 Å². The zero-order valence-corrected chi connectivity index (χ0v) is 7.58. The largest absolute Gasteiger partial charge is 0.368 e. The van der Waals surface area contributed by atoms with E-state index in [1.54, 1.807) is 19.3 Å². The predicted octanol–water partition coefficient (Wildman–Crippen LogP) is 0.692. The number of halogens is 1. The molecular formula is C6H8BrN3O. The lowest BCUT2D eigenvalue weighted by atomic mass is 10.3. The van der Waals surface area contributed by atoms with Crippen LogP contribution >= 0.6 is 15.9 Å². The first-order chi connectivity index (χ1) is 5.11. The van der Waals surface area contributed by atoms with E-state index in [1.807, 2.05) is 0 Å². The van der Waals surface area contributed by atoms with Crippen LogP contribution in [0.4, 0.5) is 0 Å². The van der Waals surface area contributed by atoms with E-state index in [2.05, 4.69) is 21.0 Å². The highest BCUT2D eigenvalue weighted by Gasteiger charge is 2.10. The van der Waals surface area contributed by atoms with Crippen LogP contribution < -0.4 is 5.73 Å². The van der Waals surface area contributed by atoms with E-state index >= 15 is 0 Å². The van der Waals surface area contributed by atoms with Crippen LogP contribution in [-0.4, -0.2) is 15.7 Å². The number of carbonyl (C=O) groups excluding carboxylic acids is 1. The smallest absolute Gasteiger partial charge is 0.241 e. The van der Waals surface area contributed by atoms with Crippen molar-refractivity contribution in [2.24, 2.45) is 5.73 Å². The third-order valence-corrected chi connectivity index (χ3v) is 1.79. The zero-order chi connectivity index (χ0) is 8.43. The summed E-state index contributed by atoms with van der Waals surface area (Å²) >= 11 is 3.21. The number of nitrogens with zero attached hydrogens (tertiary/aromatic N) is 2. The van der Waals surface area contributed by atoms with Crippen molar-refractivity contribution in [3.05, 3.63) is 16.9 Å². The van der Waals surface area contributed by atoms with Gasteiger partial charge in [0, 0.05) is 6.20 Å². The molecule has 0 aliphatic carbocycles. The molecule has 1 atom stereocenters. The SMILES string of the molecule is C[C@H](C(N)=O)n1cc(Br)cn1. The topological polar surface area (TPSA) is 60.9 Å². The lowest BCUT2D eigenvalue weighted by molar-refractivity contribution is -0.120. The Morgan fingerprint density at radius 3 is 2.91 bits per heavy atom. The molecule has 0 spiro atoms. The van der Waals surface area contributed by atoms with Crippen LogP contribution in [0.25, 0.3) is 0 Å². The number of aromatic nitrogens is 2. The molecule has 0 saturated carbocycles. The molecule has 0 aliphatic rings. The van der Waals surface area contributed by atoms with Gasteiger partial charge in [-0.15, -0.1) is 0 Å². The van der Waals surface area contributed by atoms with Crippen molar-refractivity contribution >= 4 is 21.8 Å². The summed E-state index contributed by atoms with van der Waals surface area (Å²) in [7, 11) is 0. The van der Waals surface area contributed by atoms with E-state index in [9.17, 15) is 4.79 Å². The molecule has 1 aromatic rings. The van der Waals surface area contributed by atoms with Gasteiger partial charge in [0.1, 0.15) is 6.04 Å². The zero-order valence-electron chi connectivity index (χ0n) is 5.99. The molecule has 0 aliphatic heterocycles. The number of hydrogen-bond acceptors (Lipinski definition) is 2. The summed E-state index contributed by atoms with van der Waals surface area (Å²) in [5, 5.41) is 3.91. The average molecular weight is 218 g/mol. The number of amides is 1. The number of hydrogen-bond donors (Lipinski definition) is 1. The second-order valence-corrected chi connectivity index (χ2v) is 3.13. The van der Waals surface area contributed by atoms with Gasteiger partial charge >= 0.3 is 0 Å². The van der Waals surface area contributed by atoms with Crippen LogP contribution in [0.5, 0.6) is 0 Å². The van der Waals surface area contributed by atoms with Crippen molar-refractivity contribution in [2.45, 2.75) is 13.0 Å². The molecule has 0 radical (unpaired) electrons. The molecule has 0 bridgehead atoms. The number of rotatable bonds is 2. The van der Waals surface area contributed by atoms with Crippen LogP contribution in [-0.2, 0) is 4.79 Å². The Bertz CT molecular complexity index is 271. The van der Waals surface area contributed by atoms with E-state index in [0.717, 1.165) is 4.47 Å².